The van der Waals surface area contributed by atoms with E-state index in [4.69, 9.17) is 9.47 Å². The third kappa shape index (κ3) is 5.82. The maximum Gasteiger partial charge on any atom is 0.416 e. The lowest BCUT2D eigenvalue weighted by atomic mass is 10.1. The Balaban J connectivity index is 1.46. The molecule has 0 fully saturated rings. The Hall–Kier alpha value is -4.36. The highest BCUT2D eigenvalue weighted by atomic mass is 32.1. The molecular weight excluding hydrogens is 491 g/mol. The van der Waals surface area contributed by atoms with Crippen molar-refractivity contribution in [2.75, 3.05) is 19.0 Å². The lowest BCUT2D eigenvalue weighted by Crippen LogP contribution is -2.20. The Morgan fingerprint density at radius 1 is 1.11 bits per heavy atom. The Bertz CT molecular complexity index is 1460. The first-order valence-electron chi connectivity index (χ1n) is 10.5. The third-order valence-electron chi connectivity index (χ3n) is 4.98. The first kappa shape index (κ1) is 24.8. The maximum absolute atomic E-state index is 12.9. The minimum atomic E-state index is -4.51. The van der Waals surface area contributed by atoms with Gasteiger partial charge in [-0.25, -0.2) is 4.98 Å². The van der Waals surface area contributed by atoms with E-state index in [1.54, 1.807) is 24.3 Å². The van der Waals surface area contributed by atoms with Crippen molar-refractivity contribution in [3.05, 3.63) is 82.9 Å². The Morgan fingerprint density at radius 3 is 2.64 bits per heavy atom. The van der Waals surface area contributed by atoms with Crippen molar-refractivity contribution in [3.8, 4) is 17.6 Å². The monoisotopic (exact) mass is 509 g/mol. The molecule has 10 heteroatoms. The Morgan fingerprint density at radius 2 is 1.92 bits per heavy atom. The number of benzene rings is 3. The van der Waals surface area contributed by atoms with Crippen LogP contribution in [-0.2, 0) is 11.0 Å². The fourth-order valence-electron chi connectivity index (χ4n) is 3.30. The van der Waals surface area contributed by atoms with Crippen LogP contribution < -0.4 is 14.8 Å². The molecule has 1 heterocycles. The van der Waals surface area contributed by atoms with E-state index in [1.807, 2.05) is 24.3 Å². The number of thiazole rings is 1. The summed E-state index contributed by atoms with van der Waals surface area (Å²) in [6.07, 6.45) is -2.84. The predicted octanol–water partition coefficient (Wildman–Crippen LogP) is 6.41. The van der Waals surface area contributed by atoms with Gasteiger partial charge in [-0.3, -0.25) is 4.79 Å². The number of para-hydroxylation sites is 1. The minimum absolute atomic E-state index is 0.00440. The van der Waals surface area contributed by atoms with Crippen molar-refractivity contribution in [2.45, 2.75) is 6.18 Å². The van der Waals surface area contributed by atoms with Gasteiger partial charge in [0, 0.05) is 5.69 Å². The number of alkyl halides is 3. The number of nitrogens with zero attached hydrogens (tertiary/aromatic N) is 2. The summed E-state index contributed by atoms with van der Waals surface area (Å²) in [6, 6.07) is 19.0. The summed E-state index contributed by atoms with van der Waals surface area (Å²) in [5.41, 5.74) is 0.984. The van der Waals surface area contributed by atoms with Gasteiger partial charge in [0.2, 0.25) is 0 Å². The summed E-state index contributed by atoms with van der Waals surface area (Å²) in [6.45, 7) is -0.447. The van der Waals surface area contributed by atoms with Crippen molar-refractivity contribution in [3.63, 3.8) is 0 Å². The van der Waals surface area contributed by atoms with E-state index in [2.05, 4.69) is 16.4 Å². The van der Waals surface area contributed by atoms with Crippen LogP contribution in [0.3, 0.4) is 0 Å². The summed E-state index contributed by atoms with van der Waals surface area (Å²) in [5.74, 6) is -0.0625. The summed E-state index contributed by atoms with van der Waals surface area (Å²) < 4.78 is 50.4. The van der Waals surface area contributed by atoms with Gasteiger partial charge in [-0.2, -0.15) is 18.4 Å². The predicted molar refractivity (Wildman–Crippen MR) is 132 cm³/mol. The minimum Gasteiger partial charge on any atom is -0.493 e. The highest BCUT2D eigenvalue weighted by molar-refractivity contribution is 7.19. The van der Waals surface area contributed by atoms with Gasteiger partial charge in [-0.15, -0.1) is 11.3 Å². The molecule has 0 atom stereocenters. The molecule has 0 unspecified atom stereocenters. The van der Waals surface area contributed by atoms with Crippen molar-refractivity contribution in [1.82, 2.24) is 4.98 Å². The summed E-state index contributed by atoms with van der Waals surface area (Å²) in [5, 5.41) is 12.6. The lowest BCUT2D eigenvalue weighted by molar-refractivity contribution is -0.137. The smallest absolute Gasteiger partial charge is 0.416 e. The zero-order valence-corrected chi connectivity index (χ0v) is 19.6. The topological polar surface area (TPSA) is 84.2 Å². The molecule has 0 saturated heterocycles. The number of nitriles is 1. The zero-order valence-electron chi connectivity index (χ0n) is 18.8. The van der Waals surface area contributed by atoms with E-state index in [0.717, 1.165) is 22.3 Å². The second kappa shape index (κ2) is 10.5. The molecule has 0 aliphatic rings. The molecule has 1 aromatic heterocycles. The van der Waals surface area contributed by atoms with E-state index in [9.17, 15) is 23.2 Å². The van der Waals surface area contributed by atoms with Crippen LogP contribution in [0.15, 0.2) is 66.7 Å². The van der Waals surface area contributed by atoms with Gasteiger partial charge in [0.25, 0.3) is 5.91 Å². The van der Waals surface area contributed by atoms with Crippen LogP contribution in [0.5, 0.6) is 11.5 Å². The largest absolute Gasteiger partial charge is 0.493 e. The molecule has 1 amide bonds. The number of halogens is 3. The third-order valence-corrected chi connectivity index (χ3v) is 6.05. The van der Waals surface area contributed by atoms with Gasteiger partial charge in [-0.1, -0.05) is 24.3 Å². The SMILES string of the molecule is COc1cc(/C=C(/C#N)c2nc3ccccc3s2)ccc1OCC(=O)Nc1cccc(C(F)(F)F)c1. The number of allylic oxidation sites excluding steroid dienone is 1. The molecule has 0 saturated carbocycles. The van der Waals surface area contributed by atoms with Gasteiger partial charge in [0.05, 0.1) is 28.5 Å². The molecule has 0 spiro atoms. The van der Waals surface area contributed by atoms with Crippen LogP contribution in [0.2, 0.25) is 0 Å². The molecule has 6 nitrogen and oxygen atoms in total. The molecule has 0 bridgehead atoms. The quantitative estimate of drug-likeness (QED) is 0.291. The van der Waals surface area contributed by atoms with Crippen LogP contribution in [0.1, 0.15) is 16.1 Å². The average molecular weight is 510 g/mol. The average Bonchev–Trinajstić information content (AvgIpc) is 3.30. The van der Waals surface area contributed by atoms with Gasteiger partial charge >= 0.3 is 6.18 Å². The number of rotatable bonds is 7. The molecule has 3 aromatic carbocycles. The van der Waals surface area contributed by atoms with E-state index in [0.29, 0.717) is 21.9 Å². The number of aromatic nitrogens is 1. The number of fused-ring (bicyclic) bond motifs is 1. The molecule has 182 valence electrons. The zero-order chi connectivity index (χ0) is 25.7. The van der Waals surface area contributed by atoms with Gasteiger partial charge in [-0.05, 0) is 54.1 Å². The van der Waals surface area contributed by atoms with Gasteiger partial charge in [0.15, 0.2) is 18.1 Å². The number of ether oxygens (including phenoxy) is 2. The molecule has 0 radical (unpaired) electrons. The Labute approximate surface area is 208 Å². The highest BCUT2D eigenvalue weighted by Crippen LogP contribution is 2.32. The van der Waals surface area contributed by atoms with E-state index < -0.39 is 24.3 Å². The molecule has 4 aromatic rings. The van der Waals surface area contributed by atoms with Crippen molar-refractivity contribution < 1.29 is 27.4 Å². The number of amides is 1. The van der Waals surface area contributed by atoms with Crippen molar-refractivity contribution in [1.29, 1.82) is 5.26 Å². The summed E-state index contributed by atoms with van der Waals surface area (Å²) >= 11 is 1.41. The molecule has 4 rings (SSSR count). The Kier molecular flexibility index (Phi) is 7.22. The number of anilines is 1. The van der Waals surface area contributed by atoms with Gasteiger partial charge < -0.3 is 14.8 Å². The second-order valence-corrected chi connectivity index (χ2v) is 8.51. The lowest BCUT2D eigenvalue weighted by Gasteiger charge is -2.12. The number of hydrogen-bond donors (Lipinski definition) is 1. The summed E-state index contributed by atoms with van der Waals surface area (Å²) in [7, 11) is 1.43. The van der Waals surface area contributed by atoms with Crippen LogP contribution in [-0.4, -0.2) is 24.6 Å². The second-order valence-electron chi connectivity index (χ2n) is 7.48. The fraction of sp³-hybridized carbons (Fsp3) is 0.115. The molecule has 36 heavy (non-hydrogen) atoms. The van der Waals surface area contributed by atoms with E-state index in [-0.39, 0.29) is 11.4 Å². The number of methoxy groups -OCH3 is 1. The first-order valence-corrected chi connectivity index (χ1v) is 11.3. The van der Waals surface area contributed by atoms with Crippen LogP contribution in [0.4, 0.5) is 18.9 Å². The number of carbonyl (C=O) groups is 1. The summed E-state index contributed by atoms with van der Waals surface area (Å²) in [4.78, 5) is 16.7. The van der Waals surface area contributed by atoms with Crippen molar-refractivity contribution >= 4 is 44.8 Å². The molecule has 0 aliphatic heterocycles. The normalized spacial score (nSPS) is 11.7. The van der Waals surface area contributed by atoms with Crippen molar-refractivity contribution in [2.24, 2.45) is 0 Å². The number of carbonyl (C=O) groups excluding carboxylic acids is 1. The number of hydrogen-bond acceptors (Lipinski definition) is 6. The van der Waals surface area contributed by atoms with E-state index >= 15 is 0 Å². The standard InChI is InChI=1S/C26H18F3N3O3S/c1-34-22-12-16(11-17(14-30)25-32-20-7-2-3-8-23(20)36-25)9-10-21(22)35-15-24(33)31-19-6-4-5-18(13-19)26(27,28)29/h2-13H,15H2,1H3,(H,31,33)/b17-11-. The van der Waals surface area contributed by atoms with Crippen LogP contribution in [0, 0.1) is 11.3 Å². The van der Waals surface area contributed by atoms with Crippen LogP contribution in [0.25, 0.3) is 21.9 Å². The van der Waals surface area contributed by atoms with E-state index in [1.165, 1.54) is 30.6 Å². The molecule has 1 N–H and O–H groups in total. The highest BCUT2D eigenvalue weighted by Gasteiger charge is 2.30. The molecule has 0 aliphatic carbocycles. The maximum atomic E-state index is 12.9. The first-order chi connectivity index (χ1) is 17.3. The fourth-order valence-corrected chi connectivity index (χ4v) is 4.23. The molecular formula is C26H18F3N3O3S. The van der Waals surface area contributed by atoms with Crippen LogP contribution >= 0.6 is 11.3 Å². The number of nitrogens with one attached hydrogen (secondary N) is 1. The van der Waals surface area contributed by atoms with Gasteiger partial charge in [0.1, 0.15) is 11.1 Å².